The lowest BCUT2D eigenvalue weighted by Gasteiger charge is -2.42. The number of allylic oxidation sites excluding steroid dienone is 3. The number of fused-ring (bicyclic) bond motifs is 1. The second-order valence-corrected chi connectivity index (χ2v) is 13.1. The number of carbonyl (C=O) groups is 3. The number of halogens is 3. The van der Waals surface area contributed by atoms with Crippen LogP contribution in [0.3, 0.4) is 0 Å². The molecule has 1 saturated carbocycles. The van der Waals surface area contributed by atoms with Crippen molar-refractivity contribution < 1.29 is 23.5 Å². The third kappa shape index (κ3) is 5.11. The summed E-state index contributed by atoms with van der Waals surface area (Å²) in [6, 6.07) is 11.0. The maximum Gasteiger partial charge on any atom is 0.337 e. The Bertz CT molecular complexity index is 1620. The molecule has 3 heterocycles. The number of anilines is 1. The Labute approximate surface area is 272 Å². The van der Waals surface area contributed by atoms with Gasteiger partial charge in [-0.25, -0.2) is 9.18 Å². The number of hydrogen-bond donors (Lipinski definition) is 1. The highest BCUT2D eigenvalue weighted by molar-refractivity contribution is 6.31. The average Bonchev–Trinajstić information content (AvgIpc) is 3.62. The molecule has 4 atom stereocenters. The summed E-state index contributed by atoms with van der Waals surface area (Å²) in [7, 11) is 1.31. The lowest BCUT2D eigenvalue weighted by molar-refractivity contribution is -0.128. The smallest absolute Gasteiger partial charge is 0.337 e. The van der Waals surface area contributed by atoms with Crippen LogP contribution in [0.25, 0.3) is 0 Å². The number of methoxy groups -OCH3 is 1. The summed E-state index contributed by atoms with van der Waals surface area (Å²) in [5, 5.41) is 3.34. The molecule has 10 heteroatoms. The highest BCUT2D eigenvalue weighted by Gasteiger charge is 2.71. The van der Waals surface area contributed by atoms with Crippen molar-refractivity contribution in [2.24, 2.45) is 11.8 Å². The highest BCUT2D eigenvalue weighted by Crippen LogP contribution is 2.59. The second kappa shape index (κ2) is 12.4. The van der Waals surface area contributed by atoms with Crippen LogP contribution in [0.5, 0.6) is 0 Å². The molecule has 3 saturated heterocycles. The van der Waals surface area contributed by atoms with Gasteiger partial charge in [0.25, 0.3) is 0 Å². The van der Waals surface area contributed by atoms with Crippen LogP contribution in [-0.2, 0) is 14.3 Å². The van der Waals surface area contributed by atoms with E-state index in [4.69, 9.17) is 27.9 Å². The average molecular weight is 653 g/mol. The lowest BCUT2D eigenvalue weighted by Crippen LogP contribution is -2.58. The fourth-order valence-corrected chi connectivity index (χ4v) is 8.23. The van der Waals surface area contributed by atoms with Crippen LogP contribution >= 0.6 is 23.2 Å². The van der Waals surface area contributed by atoms with E-state index in [9.17, 15) is 14.4 Å². The Hall–Kier alpha value is -3.46. The summed E-state index contributed by atoms with van der Waals surface area (Å²) in [6.45, 7) is 7.07. The number of amides is 2. The van der Waals surface area contributed by atoms with Gasteiger partial charge in [-0.15, -0.1) is 0 Å². The van der Waals surface area contributed by atoms with E-state index >= 15 is 4.39 Å². The molecule has 1 aliphatic carbocycles. The fourth-order valence-electron chi connectivity index (χ4n) is 7.94. The zero-order valence-electron chi connectivity index (χ0n) is 25.3. The monoisotopic (exact) mass is 651 g/mol. The molecule has 0 aromatic heterocycles. The minimum absolute atomic E-state index is 0.0811. The molecule has 0 unspecified atom stereocenters. The van der Waals surface area contributed by atoms with E-state index in [1.54, 1.807) is 60.4 Å². The first-order chi connectivity index (χ1) is 21.6. The first-order valence-corrected chi connectivity index (χ1v) is 16.1. The molecule has 0 radical (unpaired) electrons. The number of ether oxygens (including phenoxy) is 1. The molecule has 1 N–H and O–H groups in total. The second-order valence-electron chi connectivity index (χ2n) is 12.3. The van der Waals surface area contributed by atoms with E-state index in [-0.39, 0.29) is 28.9 Å². The molecular formula is C35H36Cl2FN3O4. The summed E-state index contributed by atoms with van der Waals surface area (Å²) in [5.74, 6) is -3.10. The Kier molecular flexibility index (Phi) is 8.67. The predicted molar refractivity (Wildman–Crippen MR) is 173 cm³/mol. The van der Waals surface area contributed by atoms with Crippen molar-refractivity contribution in [2.75, 3.05) is 25.1 Å². The Morgan fingerprint density at radius 3 is 2.53 bits per heavy atom. The van der Waals surface area contributed by atoms with E-state index in [1.165, 1.54) is 19.6 Å². The van der Waals surface area contributed by atoms with E-state index in [0.717, 1.165) is 25.7 Å². The summed E-state index contributed by atoms with van der Waals surface area (Å²) in [4.78, 5) is 45.0. The Morgan fingerprint density at radius 2 is 1.87 bits per heavy atom. The maximum absolute atomic E-state index is 16.1. The third-order valence-corrected chi connectivity index (χ3v) is 10.7. The number of nitrogens with one attached hydrogen (secondary N) is 1. The van der Waals surface area contributed by atoms with Crippen molar-refractivity contribution in [2.45, 2.75) is 56.5 Å². The fraction of sp³-hybridized carbons (Fsp3) is 0.400. The van der Waals surface area contributed by atoms with Gasteiger partial charge in [-0.1, -0.05) is 67.3 Å². The van der Waals surface area contributed by atoms with Crippen LogP contribution in [0.2, 0.25) is 5.02 Å². The molecule has 4 fully saturated rings. The largest absolute Gasteiger partial charge is 0.465 e. The van der Waals surface area contributed by atoms with Crippen molar-refractivity contribution >= 4 is 46.7 Å². The first-order valence-electron chi connectivity index (χ1n) is 15.4. The molecule has 2 aromatic carbocycles. The number of rotatable bonds is 6. The normalized spacial score (nSPS) is 28.3. The molecule has 6 rings (SSSR count). The van der Waals surface area contributed by atoms with E-state index < -0.39 is 35.2 Å². The lowest BCUT2D eigenvalue weighted by atomic mass is 9.71. The van der Waals surface area contributed by atoms with Crippen LogP contribution in [0.4, 0.5) is 10.1 Å². The van der Waals surface area contributed by atoms with Gasteiger partial charge in [0, 0.05) is 41.5 Å². The Balaban J connectivity index is 1.52. The van der Waals surface area contributed by atoms with Gasteiger partial charge < -0.3 is 15.0 Å². The predicted octanol–water partition coefficient (Wildman–Crippen LogP) is 6.73. The molecule has 7 nitrogen and oxygen atoms in total. The number of benzene rings is 2. The number of nitrogens with zero attached hydrogens (tertiary/aromatic N) is 2. The summed E-state index contributed by atoms with van der Waals surface area (Å²) in [5.41, 5.74) is 0.647. The van der Waals surface area contributed by atoms with Gasteiger partial charge in [0.1, 0.15) is 11.4 Å². The topological polar surface area (TPSA) is 79.0 Å². The maximum atomic E-state index is 16.1. The van der Waals surface area contributed by atoms with Gasteiger partial charge in [-0.2, -0.15) is 0 Å². The zero-order chi connectivity index (χ0) is 32.0. The number of carbonyl (C=O) groups excluding carboxylic acids is 3. The zero-order valence-corrected chi connectivity index (χ0v) is 26.8. The highest BCUT2D eigenvalue weighted by atomic mass is 35.5. The van der Waals surface area contributed by atoms with Gasteiger partial charge in [0.15, 0.2) is 0 Å². The van der Waals surface area contributed by atoms with Crippen molar-refractivity contribution in [1.82, 2.24) is 10.2 Å². The minimum atomic E-state index is -1.44. The first kappa shape index (κ1) is 31.5. The Morgan fingerprint density at radius 1 is 1.16 bits per heavy atom. The van der Waals surface area contributed by atoms with Crippen LogP contribution in [0.1, 0.15) is 60.9 Å². The van der Waals surface area contributed by atoms with Crippen LogP contribution < -0.4 is 10.2 Å². The molecule has 1 spiro atoms. The number of hydrogen-bond acceptors (Lipinski definition) is 5. The van der Waals surface area contributed by atoms with Crippen LogP contribution in [-0.4, -0.2) is 54.5 Å². The van der Waals surface area contributed by atoms with E-state index in [2.05, 4.69) is 16.8 Å². The van der Waals surface area contributed by atoms with Crippen molar-refractivity contribution in [3.63, 3.8) is 0 Å². The molecule has 3 aliphatic heterocycles. The molecule has 2 amide bonds. The quantitative estimate of drug-likeness (QED) is 0.351. The molecular weight excluding hydrogens is 616 g/mol. The molecule has 2 aromatic rings. The van der Waals surface area contributed by atoms with Gasteiger partial charge in [-0.3, -0.25) is 14.5 Å². The SMILES string of the molecule is C=C1/C(=C\C(Cl)=C/C)NC(=O)[C@@]12[C@H](c1cccc(Cl)c1F)[C@H]1C(=O)N(c3ccc(C(=O)OC)cc3)C[C@H]1N2CC1CCCCC1. The van der Waals surface area contributed by atoms with Crippen molar-refractivity contribution in [1.29, 1.82) is 0 Å². The van der Waals surface area contributed by atoms with Crippen LogP contribution in [0.15, 0.2) is 77.5 Å². The van der Waals surface area contributed by atoms with Crippen molar-refractivity contribution in [3.8, 4) is 0 Å². The van der Waals surface area contributed by atoms with Crippen LogP contribution in [0, 0.1) is 17.7 Å². The van der Waals surface area contributed by atoms with E-state index in [1.807, 2.05) is 0 Å². The molecule has 4 aliphatic rings. The third-order valence-electron chi connectivity index (χ3n) is 10.0. The summed E-state index contributed by atoms with van der Waals surface area (Å²) in [6.07, 6.45) is 8.74. The standard InChI is InChI=1S/C35H36Cl2FN3O4/c1-4-23(36)17-27-20(2)35(34(44)39-27)30(25-11-8-12-26(37)31(25)38)29-28(41(35)18-21-9-6-5-7-10-21)19-40(32(29)42)24-15-13-22(14-16-24)33(43)45-3/h4,8,11-17,21,28-30H,2,5-7,9-10,18-19H2,1,3H3,(H,39,44)/b23-4+,27-17+/t28-,29+,30-,35+/m1/s1. The number of esters is 1. The molecule has 45 heavy (non-hydrogen) atoms. The van der Waals surface area contributed by atoms with Crippen molar-refractivity contribution in [3.05, 3.63) is 99.5 Å². The molecule has 236 valence electrons. The summed E-state index contributed by atoms with van der Waals surface area (Å²) >= 11 is 12.7. The van der Waals surface area contributed by atoms with Gasteiger partial charge >= 0.3 is 5.97 Å². The number of likely N-dealkylation sites (tertiary alicyclic amines) is 1. The van der Waals surface area contributed by atoms with Gasteiger partial charge in [0.05, 0.1) is 23.6 Å². The van der Waals surface area contributed by atoms with Gasteiger partial charge in [0.2, 0.25) is 11.8 Å². The van der Waals surface area contributed by atoms with Gasteiger partial charge in [-0.05, 0) is 73.2 Å². The summed E-state index contributed by atoms with van der Waals surface area (Å²) < 4.78 is 21.0. The minimum Gasteiger partial charge on any atom is -0.465 e. The molecule has 0 bridgehead atoms. The van der Waals surface area contributed by atoms with E-state index in [0.29, 0.717) is 40.0 Å².